The summed E-state index contributed by atoms with van der Waals surface area (Å²) in [6, 6.07) is 0.670. The Morgan fingerprint density at radius 2 is 1.92 bits per heavy atom. The van der Waals surface area contributed by atoms with Crippen LogP contribution in [0.4, 0.5) is 0 Å². The zero-order valence-electron chi connectivity index (χ0n) is 16.1. The molecule has 1 aromatic heterocycles. The molecule has 1 amide bonds. The van der Waals surface area contributed by atoms with Crippen molar-refractivity contribution in [3.05, 3.63) is 17.0 Å². The molecule has 0 spiro atoms. The smallest absolute Gasteiger partial charge is 0.259 e. The molecule has 0 N–H and O–H groups in total. The maximum Gasteiger partial charge on any atom is 0.259 e. The van der Waals surface area contributed by atoms with Gasteiger partial charge in [0.2, 0.25) is 0 Å². The molecule has 3 heterocycles. The lowest BCUT2D eigenvalue weighted by Gasteiger charge is -2.40. The SMILES string of the molecule is Cc1noc(C(C)C)c1C(=O)N1CCN(CC2CCCCN2C)CC1. The predicted octanol–water partition coefficient (Wildman–Crippen LogP) is 2.35. The Bertz CT molecular complexity index is 590. The molecule has 2 aliphatic rings. The molecule has 6 nitrogen and oxygen atoms in total. The molecule has 0 saturated carbocycles. The molecule has 0 radical (unpaired) electrons. The van der Waals surface area contributed by atoms with E-state index >= 15 is 0 Å². The molecule has 1 atom stereocenters. The lowest BCUT2D eigenvalue weighted by molar-refractivity contribution is 0.0562. The molecule has 2 saturated heterocycles. The van der Waals surface area contributed by atoms with Crippen LogP contribution in [0.15, 0.2) is 4.52 Å². The van der Waals surface area contributed by atoms with Gasteiger partial charge in [0, 0.05) is 44.7 Å². The van der Waals surface area contributed by atoms with Crippen LogP contribution < -0.4 is 0 Å². The second kappa shape index (κ2) is 7.87. The Kier molecular flexibility index (Phi) is 5.79. The van der Waals surface area contributed by atoms with Crippen LogP contribution in [-0.2, 0) is 0 Å². The third-order valence-electron chi connectivity index (χ3n) is 5.68. The van der Waals surface area contributed by atoms with E-state index in [0.717, 1.165) is 32.7 Å². The number of piperazine rings is 1. The number of aryl methyl sites for hydroxylation is 1. The lowest BCUT2D eigenvalue weighted by Crippen LogP contribution is -2.53. The average molecular weight is 348 g/mol. The van der Waals surface area contributed by atoms with Gasteiger partial charge in [0.25, 0.3) is 5.91 Å². The maximum atomic E-state index is 13.0. The van der Waals surface area contributed by atoms with E-state index in [0.29, 0.717) is 23.1 Å². The first-order chi connectivity index (χ1) is 12.0. The monoisotopic (exact) mass is 348 g/mol. The van der Waals surface area contributed by atoms with E-state index in [1.54, 1.807) is 0 Å². The molecule has 1 unspecified atom stereocenters. The van der Waals surface area contributed by atoms with Crippen molar-refractivity contribution in [2.45, 2.75) is 52.0 Å². The number of likely N-dealkylation sites (tertiary alicyclic amines) is 1. The number of likely N-dealkylation sites (N-methyl/N-ethyl adjacent to an activating group) is 1. The summed E-state index contributed by atoms with van der Waals surface area (Å²) in [7, 11) is 2.24. The highest BCUT2D eigenvalue weighted by Crippen LogP contribution is 2.24. The van der Waals surface area contributed by atoms with Crippen LogP contribution in [0.3, 0.4) is 0 Å². The third-order valence-corrected chi connectivity index (χ3v) is 5.68. The first-order valence-electron chi connectivity index (χ1n) is 9.65. The van der Waals surface area contributed by atoms with Gasteiger partial charge < -0.3 is 14.3 Å². The highest BCUT2D eigenvalue weighted by atomic mass is 16.5. The quantitative estimate of drug-likeness (QED) is 0.836. The minimum atomic E-state index is 0.0804. The Balaban J connectivity index is 1.57. The van der Waals surface area contributed by atoms with Crippen molar-refractivity contribution in [3.8, 4) is 0 Å². The van der Waals surface area contributed by atoms with Gasteiger partial charge in [0.15, 0.2) is 5.76 Å². The fourth-order valence-electron chi connectivity index (χ4n) is 4.01. The molecule has 0 bridgehead atoms. The number of piperidine rings is 1. The summed E-state index contributed by atoms with van der Waals surface area (Å²) in [4.78, 5) is 19.9. The van der Waals surface area contributed by atoms with Crippen LogP contribution in [0.1, 0.15) is 60.8 Å². The Morgan fingerprint density at radius 3 is 2.56 bits per heavy atom. The van der Waals surface area contributed by atoms with Crippen LogP contribution in [0.2, 0.25) is 0 Å². The highest BCUT2D eigenvalue weighted by molar-refractivity contribution is 5.96. The number of hydrogen-bond acceptors (Lipinski definition) is 5. The molecule has 25 heavy (non-hydrogen) atoms. The molecule has 0 aliphatic carbocycles. The largest absolute Gasteiger partial charge is 0.360 e. The summed E-state index contributed by atoms with van der Waals surface area (Å²) in [5.41, 5.74) is 1.38. The van der Waals surface area contributed by atoms with Crippen LogP contribution >= 0.6 is 0 Å². The molecule has 0 aromatic carbocycles. The van der Waals surface area contributed by atoms with Crippen LogP contribution in [0, 0.1) is 6.92 Å². The van der Waals surface area contributed by atoms with Gasteiger partial charge in [-0.2, -0.15) is 0 Å². The zero-order valence-corrected chi connectivity index (χ0v) is 16.1. The number of carbonyl (C=O) groups excluding carboxylic acids is 1. The van der Waals surface area contributed by atoms with Crippen molar-refractivity contribution in [3.63, 3.8) is 0 Å². The predicted molar refractivity (Wildman–Crippen MR) is 97.9 cm³/mol. The fraction of sp³-hybridized carbons (Fsp3) is 0.789. The molecule has 6 heteroatoms. The van der Waals surface area contributed by atoms with Gasteiger partial charge >= 0.3 is 0 Å². The summed E-state index contributed by atoms with van der Waals surface area (Å²) in [5, 5.41) is 4.02. The maximum absolute atomic E-state index is 13.0. The average Bonchev–Trinajstić information content (AvgIpc) is 2.99. The number of hydrogen-bond donors (Lipinski definition) is 0. The second-order valence-electron chi connectivity index (χ2n) is 7.88. The van der Waals surface area contributed by atoms with E-state index in [1.807, 2.05) is 25.7 Å². The third kappa shape index (κ3) is 4.06. The van der Waals surface area contributed by atoms with Crippen LogP contribution in [0.5, 0.6) is 0 Å². The van der Waals surface area contributed by atoms with Gasteiger partial charge in [-0.3, -0.25) is 9.69 Å². The number of rotatable bonds is 4. The van der Waals surface area contributed by atoms with Crippen molar-refractivity contribution < 1.29 is 9.32 Å². The lowest BCUT2D eigenvalue weighted by atomic mass is 10.0. The summed E-state index contributed by atoms with van der Waals surface area (Å²) in [6.07, 6.45) is 3.97. The molecule has 3 rings (SSSR count). The van der Waals surface area contributed by atoms with Gasteiger partial charge in [0.1, 0.15) is 5.56 Å². The minimum Gasteiger partial charge on any atom is -0.360 e. The Hall–Kier alpha value is -1.40. The van der Waals surface area contributed by atoms with Crippen molar-refractivity contribution >= 4 is 5.91 Å². The van der Waals surface area contributed by atoms with Crippen LogP contribution in [-0.4, -0.2) is 78.1 Å². The molecular formula is C19H32N4O2. The Labute approximate surface area is 151 Å². The van der Waals surface area contributed by atoms with E-state index in [-0.39, 0.29) is 11.8 Å². The standard InChI is InChI=1S/C19H32N4O2/c1-14(2)18-17(15(3)20-25-18)19(24)23-11-9-22(10-12-23)13-16-7-5-6-8-21(16)4/h14,16H,5-13H2,1-4H3. The topological polar surface area (TPSA) is 52.8 Å². The Morgan fingerprint density at radius 1 is 1.20 bits per heavy atom. The summed E-state index contributed by atoms with van der Waals surface area (Å²) >= 11 is 0. The minimum absolute atomic E-state index is 0.0804. The van der Waals surface area contributed by atoms with Crippen molar-refractivity contribution in [1.82, 2.24) is 19.9 Å². The van der Waals surface area contributed by atoms with E-state index in [2.05, 4.69) is 22.0 Å². The van der Waals surface area contributed by atoms with Crippen molar-refractivity contribution in [1.29, 1.82) is 0 Å². The molecule has 2 fully saturated rings. The molecule has 2 aliphatic heterocycles. The van der Waals surface area contributed by atoms with E-state index < -0.39 is 0 Å². The summed E-state index contributed by atoms with van der Waals surface area (Å²) in [5.74, 6) is 0.967. The van der Waals surface area contributed by atoms with Gasteiger partial charge in [-0.25, -0.2) is 0 Å². The van der Waals surface area contributed by atoms with E-state index in [1.165, 1.54) is 25.8 Å². The first kappa shape index (κ1) is 18.4. The fourth-order valence-corrected chi connectivity index (χ4v) is 4.01. The molecule has 1 aromatic rings. The normalized spacial score (nSPS) is 23.4. The van der Waals surface area contributed by atoms with Crippen LogP contribution in [0.25, 0.3) is 0 Å². The number of carbonyl (C=O) groups is 1. The van der Waals surface area contributed by atoms with E-state index in [9.17, 15) is 4.79 Å². The molecule has 140 valence electrons. The molecular weight excluding hydrogens is 316 g/mol. The number of aromatic nitrogens is 1. The number of nitrogens with zero attached hydrogens (tertiary/aromatic N) is 4. The van der Waals surface area contributed by atoms with Gasteiger partial charge in [-0.15, -0.1) is 0 Å². The number of amides is 1. The second-order valence-corrected chi connectivity index (χ2v) is 7.88. The zero-order chi connectivity index (χ0) is 18.0. The summed E-state index contributed by atoms with van der Waals surface area (Å²) in [6.45, 7) is 11.8. The highest BCUT2D eigenvalue weighted by Gasteiger charge is 2.30. The van der Waals surface area contributed by atoms with Crippen molar-refractivity contribution in [2.24, 2.45) is 0 Å². The van der Waals surface area contributed by atoms with Gasteiger partial charge in [-0.05, 0) is 33.4 Å². The van der Waals surface area contributed by atoms with Gasteiger partial charge in [0.05, 0.1) is 5.69 Å². The summed E-state index contributed by atoms with van der Waals surface area (Å²) < 4.78 is 5.39. The first-order valence-corrected chi connectivity index (χ1v) is 9.65. The van der Waals surface area contributed by atoms with E-state index in [4.69, 9.17) is 4.52 Å². The van der Waals surface area contributed by atoms with Gasteiger partial charge in [-0.1, -0.05) is 25.4 Å². The van der Waals surface area contributed by atoms with Crippen molar-refractivity contribution in [2.75, 3.05) is 46.3 Å².